The summed E-state index contributed by atoms with van der Waals surface area (Å²) in [5, 5.41) is 0. The van der Waals surface area contributed by atoms with E-state index >= 15 is 0 Å². The molecule has 0 saturated heterocycles. The molecule has 0 spiro atoms. The lowest BCUT2D eigenvalue weighted by Gasteiger charge is -2.06. The number of rotatable bonds is 7. The van der Waals surface area contributed by atoms with E-state index in [1.807, 2.05) is 30.3 Å². The topological polar surface area (TPSA) is 61.2 Å². The lowest BCUT2D eigenvalue weighted by molar-refractivity contribution is -0.119. The smallest absolute Gasteiger partial charge is 0.374 e. The van der Waals surface area contributed by atoms with E-state index in [4.69, 9.17) is 4.74 Å². The Morgan fingerprint density at radius 3 is 2.64 bits per heavy atom. The van der Waals surface area contributed by atoms with E-state index in [-0.39, 0.29) is 37.2 Å². The van der Waals surface area contributed by atoms with E-state index in [2.05, 4.69) is 4.98 Å². The Bertz CT molecular complexity index is 611. The SMILES string of the molecule is CCOC(=O)c1nccn1CC(=O)CCc1ccccc1.Cl. The van der Waals surface area contributed by atoms with Gasteiger partial charge in [-0.3, -0.25) is 4.79 Å². The molecule has 1 aromatic carbocycles. The summed E-state index contributed by atoms with van der Waals surface area (Å²) < 4.78 is 6.44. The zero-order valence-corrected chi connectivity index (χ0v) is 13.2. The van der Waals surface area contributed by atoms with Gasteiger partial charge in [0, 0.05) is 18.8 Å². The first-order valence-electron chi connectivity index (χ1n) is 6.94. The Kier molecular flexibility index (Phi) is 7.32. The van der Waals surface area contributed by atoms with E-state index in [1.54, 1.807) is 13.1 Å². The van der Waals surface area contributed by atoms with Gasteiger partial charge >= 0.3 is 5.97 Å². The zero-order valence-electron chi connectivity index (χ0n) is 12.4. The molecule has 6 heteroatoms. The summed E-state index contributed by atoms with van der Waals surface area (Å²) in [4.78, 5) is 27.6. The van der Waals surface area contributed by atoms with Crippen LogP contribution in [0.5, 0.6) is 0 Å². The van der Waals surface area contributed by atoms with Gasteiger partial charge in [0.15, 0.2) is 5.78 Å². The number of Topliss-reactive ketones (excluding diaryl/α,β-unsaturated/α-hetero) is 1. The summed E-state index contributed by atoms with van der Waals surface area (Å²) >= 11 is 0. The number of aromatic nitrogens is 2. The standard InChI is InChI=1S/C16H18N2O3.ClH/c1-2-21-16(20)15-17-10-11-18(15)12-14(19)9-8-13-6-4-3-5-7-13;/h3-7,10-11H,2,8-9,12H2,1H3;1H. The van der Waals surface area contributed by atoms with Gasteiger partial charge in [0.05, 0.1) is 13.2 Å². The highest BCUT2D eigenvalue weighted by molar-refractivity contribution is 5.86. The molecule has 0 unspecified atom stereocenters. The van der Waals surface area contributed by atoms with Gasteiger partial charge in [0.2, 0.25) is 5.82 Å². The number of benzene rings is 1. The number of ether oxygens (including phenoxy) is 1. The predicted molar refractivity (Wildman–Crippen MR) is 85.2 cm³/mol. The molecule has 0 saturated carbocycles. The Labute approximate surface area is 135 Å². The maximum Gasteiger partial charge on any atom is 0.374 e. The number of aryl methyl sites for hydroxylation is 1. The number of carbonyl (C=O) groups excluding carboxylic acids is 2. The molecular weight excluding hydrogens is 304 g/mol. The fraction of sp³-hybridized carbons (Fsp3) is 0.312. The van der Waals surface area contributed by atoms with Crippen molar-refractivity contribution in [3.8, 4) is 0 Å². The molecule has 0 radical (unpaired) electrons. The van der Waals surface area contributed by atoms with Gasteiger partial charge in [-0.1, -0.05) is 30.3 Å². The molecule has 2 aromatic rings. The maximum atomic E-state index is 12.0. The quantitative estimate of drug-likeness (QED) is 0.735. The van der Waals surface area contributed by atoms with Crippen LogP contribution in [-0.4, -0.2) is 27.9 Å². The lowest BCUT2D eigenvalue weighted by atomic mass is 10.1. The van der Waals surface area contributed by atoms with E-state index < -0.39 is 5.97 Å². The first-order chi connectivity index (χ1) is 10.2. The van der Waals surface area contributed by atoms with Gasteiger partial charge in [-0.2, -0.15) is 0 Å². The van der Waals surface area contributed by atoms with Crippen LogP contribution < -0.4 is 0 Å². The van der Waals surface area contributed by atoms with Crippen LogP contribution in [0.15, 0.2) is 42.7 Å². The third kappa shape index (κ3) is 5.00. The van der Waals surface area contributed by atoms with E-state index in [1.165, 1.54) is 10.8 Å². The van der Waals surface area contributed by atoms with Crippen LogP contribution in [0.3, 0.4) is 0 Å². The first-order valence-corrected chi connectivity index (χ1v) is 6.94. The van der Waals surface area contributed by atoms with Crippen molar-refractivity contribution in [1.82, 2.24) is 9.55 Å². The van der Waals surface area contributed by atoms with Gasteiger partial charge in [0.25, 0.3) is 0 Å². The van der Waals surface area contributed by atoms with Crippen LogP contribution in [0.1, 0.15) is 29.5 Å². The normalized spacial score (nSPS) is 9.86. The molecule has 0 aliphatic rings. The minimum absolute atomic E-state index is 0. The van der Waals surface area contributed by atoms with Gasteiger partial charge < -0.3 is 9.30 Å². The van der Waals surface area contributed by atoms with Crippen LogP contribution >= 0.6 is 12.4 Å². The summed E-state index contributed by atoms with van der Waals surface area (Å²) in [6.07, 6.45) is 4.25. The molecule has 0 bridgehead atoms. The van der Waals surface area contributed by atoms with Crippen molar-refractivity contribution in [2.45, 2.75) is 26.3 Å². The molecule has 0 atom stereocenters. The first kappa shape index (κ1) is 17.9. The van der Waals surface area contributed by atoms with Crippen LogP contribution in [0.4, 0.5) is 0 Å². The highest BCUT2D eigenvalue weighted by Crippen LogP contribution is 2.06. The minimum atomic E-state index is -0.502. The highest BCUT2D eigenvalue weighted by Gasteiger charge is 2.15. The van der Waals surface area contributed by atoms with Crippen molar-refractivity contribution in [1.29, 1.82) is 0 Å². The average molecular weight is 323 g/mol. The summed E-state index contributed by atoms with van der Waals surface area (Å²) in [6, 6.07) is 9.84. The summed E-state index contributed by atoms with van der Waals surface area (Å²) in [7, 11) is 0. The molecule has 22 heavy (non-hydrogen) atoms. The molecule has 0 N–H and O–H groups in total. The van der Waals surface area contributed by atoms with E-state index in [0.717, 1.165) is 5.56 Å². The lowest BCUT2D eigenvalue weighted by Crippen LogP contribution is -2.17. The van der Waals surface area contributed by atoms with Crippen molar-refractivity contribution in [3.05, 3.63) is 54.1 Å². The third-order valence-corrected chi connectivity index (χ3v) is 3.06. The molecule has 2 rings (SSSR count). The van der Waals surface area contributed by atoms with Gasteiger partial charge in [-0.25, -0.2) is 9.78 Å². The Hall–Kier alpha value is -2.14. The predicted octanol–water partition coefficient (Wildman–Crippen LogP) is 2.68. The summed E-state index contributed by atoms with van der Waals surface area (Å²) in [5.74, 6) is -0.273. The maximum absolute atomic E-state index is 12.0. The number of imidazole rings is 1. The van der Waals surface area contributed by atoms with Crippen molar-refractivity contribution in [2.75, 3.05) is 6.61 Å². The summed E-state index contributed by atoms with van der Waals surface area (Å²) in [6.45, 7) is 2.16. The zero-order chi connectivity index (χ0) is 15.1. The molecular formula is C16H19ClN2O3. The van der Waals surface area contributed by atoms with Gasteiger partial charge in [-0.05, 0) is 18.9 Å². The molecule has 0 aliphatic carbocycles. The van der Waals surface area contributed by atoms with Gasteiger partial charge in [0.1, 0.15) is 0 Å². The molecule has 118 valence electrons. The molecule has 1 aromatic heterocycles. The fourth-order valence-electron chi connectivity index (χ4n) is 2.02. The Balaban J connectivity index is 0.00000242. The van der Waals surface area contributed by atoms with Gasteiger partial charge in [-0.15, -0.1) is 12.4 Å². The van der Waals surface area contributed by atoms with Crippen LogP contribution in [-0.2, 0) is 22.5 Å². The van der Waals surface area contributed by atoms with E-state index in [0.29, 0.717) is 12.8 Å². The molecule has 0 aliphatic heterocycles. The molecule has 1 heterocycles. The monoisotopic (exact) mass is 322 g/mol. The number of carbonyl (C=O) groups is 2. The number of ketones is 1. The van der Waals surface area contributed by atoms with Crippen molar-refractivity contribution in [2.24, 2.45) is 0 Å². The third-order valence-electron chi connectivity index (χ3n) is 3.06. The molecule has 5 nitrogen and oxygen atoms in total. The van der Waals surface area contributed by atoms with Crippen LogP contribution in [0.2, 0.25) is 0 Å². The number of nitrogens with zero attached hydrogens (tertiary/aromatic N) is 2. The fourth-order valence-corrected chi connectivity index (χ4v) is 2.02. The minimum Gasteiger partial charge on any atom is -0.460 e. The number of esters is 1. The Morgan fingerprint density at radius 1 is 1.23 bits per heavy atom. The van der Waals surface area contributed by atoms with Crippen molar-refractivity contribution < 1.29 is 14.3 Å². The van der Waals surface area contributed by atoms with Crippen LogP contribution in [0, 0.1) is 0 Å². The second kappa shape index (κ2) is 9.00. The second-order valence-electron chi connectivity index (χ2n) is 4.62. The molecule has 0 fully saturated rings. The largest absolute Gasteiger partial charge is 0.460 e. The van der Waals surface area contributed by atoms with Crippen molar-refractivity contribution in [3.63, 3.8) is 0 Å². The highest BCUT2D eigenvalue weighted by atomic mass is 35.5. The number of hydrogen-bond acceptors (Lipinski definition) is 4. The second-order valence-corrected chi connectivity index (χ2v) is 4.62. The van der Waals surface area contributed by atoms with Crippen LogP contribution in [0.25, 0.3) is 0 Å². The number of hydrogen-bond donors (Lipinski definition) is 0. The molecule has 0 amide bonds. The summed E-state index contributed by atoms with van der Waals surface area (Å²) in [5.41, 5.74) is 1.13. The number of halogens is 1. The Morgan fingerprint density at radius 2 is 1.95 bits per heavy atom. The van der Waals surface area contributed by atoms with E-state index in [9.17, 15) is 9.59 Å². The van der Waals surface area contributed by atoms with Crippen molar-refractivity contribution >= 4 is 24.2 Å². The average Bonchev–Trinajstić information content (AvgIpc) is 2.95.